The van der Waals surface area contributed by atoms with Crippen LogP contribution < -0.4 is 5.32 Å². The largest absolute Gasteiger partial charge is 0.391 e. The lowest BCUT2D eigenvalue weighted by molar-refractivity contribution is -0.123. The van der Waals surface area contributed by atoms with Crippen molar-refractivity contribution < 1.29 is 9.90 Å². The van der Waals surface area contributed by atoms with Crippen LogP contribution in [0.15, 0.2) is 0 Å². The molecule has 0 spiro atoms. The van der Waals surface area contributed by atoms with E-state index >= 15 is 0 Å². The highest BCUT2D eigenvalue weighted by Crippen LogP contribution is 2.27. The van der Waals surface area contributed by atoms with E-state index in [9.17, 15) is 9.90 Å². The Bertz CT molecular complexity index is 281. The Morgan fingerprint density at radius 3 is 3.00 bits per heavy atom. The SMILES string of the molecule is CC(C)CC(=O)NC1CC(O)C2CCCN2C1. The number of fused-ring (bicyclic) bond motifs is 1. The smallest absolute Gasteiger partial charge is 0.220 e. The molecular weight excluding hydrogens is 216 g/mol. The molecule has 2 aliphatic heterocycles. The first-order valence-electron chi connectivity index (χ1n) is 6.77. The van der Waals surface area contributed by atoms with E-state index in [-0.39, 0.29) is 18.1 Å². The first-order valence-corrected chi connectivity index (χ1v) is 6.77. The molecule has 0 aromatic rings. The number of nitrogens with zero attached hydrogens (tertiary/aromatic N) is 1. The zero-order chi connectivity index (χ0) is 12.4. The van der Waals surface area contributed by atoms with Crippen LogP contribution in [0.5, 0.6) is 0 Å². The Balaban J connectivity index is 1.84. The van der Waals surface area contributed by atoms with Gasteiger partial charge in [-0.2, -0.15) is 0 Å². The summed E-state index contributed by atoms with van der Waals surface area (Å²) >= 11 is 0. The topological polar surface area (TPSA) is 52.6 Å². The van der Waals surface area contributed by atoms with Crippen molar-refractivity contribution in [3.63, 3.8) is 0 Å². The Morgan fingerprint density at radius 2 is 2.29 bits per heavy atom. The van der Waals surface area contributed by atoms with Crippen molar-refractivity contribution in [1.82, 2.24) is 10.2 Å². The normalized spacial score (nSPS) is 33.8. The summed E-state index contributed by atoms with van der Waals surface area (Å²) < 4.78 is 0. The molecule has 0 bridgehead atoms. The van der Waals surface area contributed by atoms with Gasteiger partial charge in [0.25, 0.3) is 0 Å². The van der Waals surface area contributed by atoms with Gasteiger partial charge in [-0.15, -0.1) is 0 Å². The predicted molar refractivity (Wildman–Crippen MR) is 66.6 cm³/mol. The monoisotopic (exact) mass is 240 g/mol. The molecule has 2 rings (SSSR count). The fourth-order valence-electron chi connectivity index (χ4n) is 3.08. The van der Waals surface area contributed by atoms with Crippen molar-refractivity contribution in [1.29, 1.82) is 0 Å². The standard InChI is InChI=1S/C13H24N2O2/c1-9(2)6-13(17)14-10-7-12(16)11-4-3-5-15(11)8-10/h9-12,16H,3-8H2,1-2H3,(H,14,17). The molecular formula is C13H24N2O2. The molecule has 2 fully saturated rings. The first-order chi connectivity index (χ1) is 8.06. The molecule has 4 nitrogen and oxygen atoms in total. The second-order valence-corrected chi connectivity index (χ2v) is 5.87. The number of nitrogens with one attached hydrogen (secondary N) is 1. The molecule has 0 saturated carbocycles. The van der Waals surface area contributed by atoms with E-state index in [0.29, 0.717) is 24.8 Å². The third-order valence-electron chi connectivity index (χ3n) is 3.80. The summed E-state index contributed by atoms with van der Waals surface area (Å²) in [5, 5.41) is 13.1. The van der Waals surface area contributed by atoms with Crippen LogP contribution in [0.25, 0.3) is 0 Å². The van der Waals surface area contributed by atoms with Crippen LogP contribution in [0.1, 0.15) is 39.5 Å². The summed E-state index contributed by atoms with van der Waals surface area (Å²) in [6.45, 7) is 6.07. The van der Waals surface area contributed by atoms with E-state index < -0.39 is 0 Å². The maximum Gasteiger partial charge on any atom is 0.220 e. The van der Waals surface area contributed by atoms with Gasteiger partial charge in [0.2, 0.25) is 5.91 Å². The molecule has 2 N–H and O–H groups in total. The van der Waals surface area contributed by atoms with Crippen LogP contribution in [-0.2, 0) is 4.79 Å². The molecule has 0 radical (unpaired) electrons. The van der Waals surface area contributed by atoms with Crippen molar-refractivity contribution in [2.75, 3.05) is 13.1 Å². The Labute approximate surface area is 103 Å². The molecule has 0 aliphatic carbocycles. The maximum absolute atomic E-state index is 11.7. The van der Waals surface area contributed by atoms with Crippen molar-refractivity contribution in [3.8, 4) is 0 Å². The van der Waals surface area contributed by atoms with Gasteiger partial charge in [0.05, 0.1) is 6.10 Å². The number of rotatable bonds is 3. The minimum Gasteiger partial charge on any atom is -0.391 e. The number of hydrogen-bond acceptors (Lipinski definition) is 3. The first kappa shape index (κ1) is 12.8. The molecule has 3 atom stereocenters. The summed E-state index contributed by atoms with van der Waals surface area (Å²) in [5.74, 6) is 0.512. The van der Waals surface area contributed by atoms with Crippen LogP contribution in [0, 0.1) is 5.92 Å². The molecule has 2 saturated heterocycles. The summed E-state index contributed by atoms with van der Waals surface area (Å²) in [5.41, 5.74) is 0. The highest BCUT2D eigenvalue weighted by molar-refractivity contribution is 5.76. The minimum absolute atomic E-state index is 0.120. The molecule has 0 aromatic heterocycles. The van der Waals surface area contributed by atoms with Gasteiger partial charge < -0.3 is 10.4 Å². The average molecular weight is 240 g/mol. The zero-order valence-electron chi connectivity index (χ0n) is 10.9. The third-order valence-corrected chi connectivity index (χ3v) is 3.80. The summed E-state index contributed by atoms with van der Waals surface area (Å²) in [7, 11) is 0. The Morgan fingerprint density at radius 1 is 1.53 bits per heavy atom. The maximum atomic E-state index is 11.7. The zero-order valence-corrected chi connectivity index (χ0v) is 10.9. The lowest BCUT2D eigenvalue weighted by Gasteiger charge is -2.38. The van der Waals surface area contributed by atoms with Crippen LogP contribution in [0.2, 0.25) is 0 Å². The number of carbonyl (C=O) groups excluding carboxylic acids is 1. The summed E-state index contributed by atoms with van der Waals surface area (Å²) in [6, 6.07) is 0.471. The fraction of sp³-hybridized carbons (Fsp3) is 0.923. The lowest BCUT2D eigenvalue weighted by atomic mass is 9.95. The summed E-state index contributed by atoms with van der Waals surface area (Å²) in [4.78, 5) is 14.0. The summed E-state index contributed by atoms with van der Waals surface area (Å²) in [6.07, 6.45) is 3.30. The second kappa shape index (κ2) is 5.36. The quantitative estimate of drug-likeness (QED) is 0.765. The molecule has 3 unspecified atom stereocenters. The van der Waals surface area contributed by atoms with E-state index in [1.165, 1.54) is 6.42 Å². The van der Waals surface area contributed by atoms with Crippen molar-refractivity contribution in [3.05, 3.63) is 0 Å². The average Bonchev–Trinajstić information content (AvgIpc) is 2.64. The molecule has 2 aliphatic rings. The lowest BCUT2D eigenvalue weighted by Crippen LogP contribution is -2.55. The van der Waals surface area contributed by atoms with E-state index in [2.05, 4.69) is 10.2 Å². The molecule has 0 aromatic carbocycles. The van der Waals surface area contributed by atoms with Crippen LogP contribution in [0.4, 0.5) is 0 Å². The predicted octanol–water partition coefficient (Wildman–Crippen LogP) is 0.746. The fourth-order valence-corrected chi connectivity index (χ4v) is 3.08. The molecule has 4 heteroatoms. The third kappa shape index (κ3) is 3.19. The molecule has 2 heterocycles. The number of hydrogen-bond donors (Lipinski definition) is 2. The molecule has 98 valence electrons. The molecule has 1 amide bonds. The van der Waals surface area contributed by atoms with E-state index in [0.717, 1.165) is 19.5 Å². The van der Waals surface area contributed by atoms with Gasteiger partial charge in [-0.1, -0.05) is 13.8 Å². The highest BCUT2D eigenvalue weighted by atomic mass is 16.3. The molecule has 17 heavy (non-hydrogen) atoms. The highest BCUT2D eigenvalue weighted by Gasteiger charge is 2.38. The van der Waals surface area contributed by atoms with Crippen molar-refractivity contribution in [2.45, 2.75) is 57.7 Å². The van der Waals surface area contributed by atoms with Gasteiger partial charge in [-0.25, -0.2) is 0 Å². The van der Waals surface area contributed by atoms with Gasteiger partial charge >= 0.3 is 0 Å². The Kier molecular flexibility index (Phi) is 4.05. The van der Waals surface area contributed by atoms with Crippen molar-refractivity contribution in [2.24, 2.45) is 5.92 Å². The van der Waals surface area contributed by atoms with Gasteiger partial charge in [-0.3, -0.25) is 9.69 Å². The van der Waals surface area contributed by atoms with E-state index in [1.807, 2.05) is 13.8 Å². The van der Waals surface area contributed by atoms with Gasteiger partial charge in [0.1, 0.15) is 0 Å². The number of piperidine rings is 1. The number of carbonyl (C=O) groups is 1. The minimum atomic E-state index is -0.268. The van der Waals surface area contributed by atoms with Gasteiger partial charge in [0.15, 0.2) is 0 Å². The van der Waals surface area contributed by atoms with Crippen LogP contribution in [-0.4, -0.2) is 47.2 Å². The van der Waals surface area contributed by atoms with Crippen molar-refractivity contribution >= 4 is 5.91 Å². The number of amides is 1. The second-order valence-electron chi connectivity index (χ2n) is 5.87. The van der Waals surface area contributed by atoms with Gasteiger partial charge in [0, 0.05) is 25.0 Å². The van der Waals surface area contributed by atoms with Gasteiger partial charge in [-0.05, 0) is 31.7 Å². The number of aliphatic hydroxyl groups excluding tert-OH is 1. The van der Waals surface area contributed by atoms with Crippen LogP contribution in [0.3, 0.4) is 0 Å². The van der Waals surface area contributed by atoms with E-state index in [4.69, 9.17) is 0 Å². The van der Waals surface area contributed by atoms with E-state index in [1.54, 1.807) is 0 Å². The van der Waals surface area contributed by atoms with Crippen LogP contribution >= 0.6 is 0 Å². The Hall–Kier alpha value is -0.610. The number of aliphatic hydroxyl groups is 1.